The first kappa shape index (κ1) is 24.7. The Labute approximate surface area is 202 Å². The highest BCUT2D eigenvalue weighted by Gasteiger charge is 2.21. The van der Waals surface area contributed by atoms with Crippen molar-refractivity contribution in [1.82, 2.24) is 20.5 Å². The fourth-order valence-electron chi connectivity index (χ4n) is 3.66. The summed E-state index contributed by atoms with van der Waals surface area (Å²) in [6.07, 6.45) is 3.98. The summed E-state index contributed by atoms with van der Waals surface area (Å²) in [5.74, 6) is 1.91. The lowest BCUT2D eigenvalue weighted by Gasteiger charge is -2.34. The van der Waals surface area contributed by atoms with Gasteiger partial charge in [-0.05, 0) is 56.8 Å². The molecule has 2 heterocycles. The lowest BCUT2D eigenvalue weighted by molar-refractivity contribution is 0.297. The zero-order chi connectivity index (χ0) is 20.6. The van der Waals surface area contributed by atoms with Gasteiger partial charge in [0.1, 0.15) is 5.82 Å². The maximum atomic E-state index is 6.04. The van der Waals surface area contributed by atoms with Crippen molar-refractivity contribution in [3.8, 4) is 0 Å². The Morgan fingerprint density at radius 1 is 1.20 bits per heavy atom. The van der Waals surface area contributed by atoms with E-state index in [0.717, 1.165) is 49.3 Å². The standard InChI is InChI=1S/C22H31ClN6.HI/c1-24-22(26-16-20(28(2)3)17-7-9-18(23)10-8-17)27-19-11-14-29(15-12-19)21-6-4-5-13-25-21;/h4-10,13,19-20H,11-12,14-16H2,1-3H3,(H2,24,26,27);1H. The quantitative estimate of drug-likeness (QED) is 0.331. The third kappa shape index (κ3) is 6.99. The number of halogens is 2. The van der Waals surface area contributed by atoms with Crippen LogP contribution in [0.4, 0.5) is 5.82 Å². The molecule has 1 unspecified atom stereocenters. The Kier molecular flexibility index (Phi) is 10.1. The summed E-state index contributed by atoms with van der Waals surface area (Å²) in [6, 6.07) is 14.8. The van der Waals surface area contributed by atoms with E-state index in [1.807, 2.05) is 37.5 Å². The molecule has 164 valence electrons. The number of pyridine rings is 1. The van der Waals surface area contributed by atoms with Crippen molar-refractivity contribution in [2.75, 3.05) is 45.7 Å². The smallest absolute Gasteiger partial charge is 0.191 e. The number of guanidine groups is 1. The van der Waals surface area contributed by atoms with Gasteiger partial charge < -0.3 is 20.4 Å². The van der Waals surface area contributed by atoms with Gasteiger partial charge in [0.2, 0.25) is 0 Å². The lowest BCUT2D eigenvalue weighted by Crippen LogP contribution is -2.50. The predicted octanol–water partition coefficient (Wildman–Crippen LogP) is 3.79. The van der Waals surface area contributed by atoms with E-state index in [2.05, 4.69) is 62.7 Å². The van der Waals surface area contributed by atoms with Crippen LogP contribution in [0, 0.1) is 0 Å². The maximum Gasteiger partial charge on any atom is 0.191 e. The molecule has 1 aliphatic rings. The summed E-state index contributed by atoms with van der Waals surface area (Å²) in [4.78, 5) is 13.4. The van der Waals surface area contributed by atoms with Gasteiger partial charge in [0, 0.05) is 43.9 Å². The number of aliphatic imine (C=N–C) groups is 1. The van der Waals surface area contributed by atoms with E-state index in [9.17, 15) is 0 Å². The highest BCUT2D eigenvalue weighted by atomic mass is 127. The minimum atomic E-state index is 0. The molecule has 1 aliphatic heterocycles. The van der Waals surface area contributed by atoms with Crippen molar-refractivity contribution >= 4 is 47.4 Å². The zero-order valence-corrected chi connectivity index (χ0v) is 21.0. The molecule has 1 fully saturated rings. The number of likely N-dealkylation sites (N-methyl/N-ethyl adjacent to an activating group) is 1. The summed E-state index contributed by atoms with van der Waals surface area (Å²) < 4.78 is 0. The Morgan fingerprint density at radius 2 is 1.90 bits per heavy atom. The van der Waals surface area contributed by atoms with E-state index in [0.29, 0.717) is 6.04 Å². The second-order valence-electron chi connectivity index (χ2n) is 7.58. The molecular weight excluding hydrogens is 511 g/mol. The highest BCUT2D eigenvalue weighted by molar-refractivity contribution is 14.0. The van der Waals surface area contributed by atoms with E-state index in [4.69, 9.17) is 11.6 Å². The molecule has 0 amide bonds. The number of nitrogens with one attached hydrogen (secondary N) is 2. The average molecular weight is 543 g/mol. The first-order chi connectivity index (χ1) is 14.1. The summed E-state index contributed by atoms with van der Waals surface area (Å²) in [5.41, 5.74) is 1.23. The summed E-state index contributed by atoms with van der Waals surface area (Å²) in [6.45, 7) is 2.76. The molecule has 1 aromatic carbocycles. The average Bonchev–Trinajstić information content (AvgIpc) is 2.75. The molecule has 1 aromatic heterocycles. The number of rotatable bonds is 6. The molecule has 0 bridgehead atoms. The first-order valence-electron chi connectivity index (χ1n) is 10.1. The van der Waals surface area contributed by atoms with Crippen LogP contribution in [0.5, 0.6) is 0 Å². The largest absolute Gasteiger partial charge is 0.356 e. The third-order valence-corrected chi connectivity index (χ3v) is 5.63. The summed E-state index contributed by atoms with van der Waals surface area (Å²) >= 11 is 6.04. The Hall–Kier alpha value is -1.58. The normalized spacial score (nSPS) is 16.2. The topological polar surface area (TPSA) is 55.8 Å². The van der Waals surface area contributed by atoms with Crippen LogP contribution in [-0.2, 0) is 0 Å². The fourth-order valence-corrected chi connectivity index (χ4v) is 3.78. The van der Waals surface area contributed by atoms with Crippen molar-refractivity contribution in [2.45, 2.75) is 24.9 Å². The molecule has 0 radical (unpaired) electrons. The van der Waals surface area contributed by atoms with Gasteiger partial charge in [0.15, 0.2) is 5.96 Å². The van der Waals surface area contributed by atoms with Crippen LogP contribution in [0.3, 0.4) is 0 Å². The van der Waals surface area contributed by atoms with E-state index < -0.39 is 0 Å². The van der Waals surface area contributed by atoms with Crippen molar-refractivity contribution in [3.63, 3.8) is 0 Å². The van der Waals surface area contributed by atoms with Crippen LogP contribution in [0.2, 0.25) is 5.02 Å². The minimum absolute atomic E-state index is 0. The molecule has 3 rings (SSSR count). The molecule has 0 aliphatic carbocycles. The van der Waals surface area contributed by atoms with E-state index in [1.165, 1.54) is 5.56 Å². The summed E-state index contributed by atoms with van der Waals surface area (Å²) in [5, 5.41) is 7.84. The molecule has 2 aromatic rings. The van der Waals surface area contributed by atoms with E-state index >= 15 is 0 Å². The van der Waals surface area contributed by atoms with Crippen LogP contribution < -0.4 is 15.5 Å². The second-order valence-corrected chi connectivity index (χ2v) is 8.01. The lowest BCUT2D eigenvalue weighted by atomic mass is 10.0. The van der Waals surface area contributed by atoms with Gasteiger partial charge in [-0.1, -0.05) is 29.8 Å². The van der Waals surface area contributed by atoms with E-state index in [-0.39, 0.29) is 30.0 Å². The van der Waals surface area contributed by atoms with E-state index in [1.54, 1.807) is 0 Å². The van der Waals surface area contributed by atoms with Gasteiger partial charge in [-0.2, -0.15) is 0 Å². The minimum Gasteiger partial charge on any atom is -0.356 e. The van der Waals surface area contributed by atoms with Crippen molar-refractivity contribution < 1.29 is 0 Å². The number of anilines is 1. The number of aromatic nitrogens is 1. The van der Waals surface area contributed by atoms with Crippen molar-refractivity contribution in [3.05, 3.63) is 59.2 Å². The third-order valence-electron chi connectivity index (χ3n) is 5.37. The highest BCUT2D eigenvalue weighted by Crippen LogP contribution is 2.20. The molecule has 2 N–H and O–H groups in total. The zero-order valence-electron chi connectivity index (χ0n) is 17.9. The molecular formula is C22H32ClIN6. The van der Waals surface area contributed by atoms with Crippen molar-refractivity contribution in [2.24, 2.45) is 4.99 Å². The molecule has 0 saturated carbocycles. The maximum absolute atomic E-state index is 6.04. The fraction of sp³-hybridized carbons (Fsp3) is 0.455. The number of nitrogens with zero attached hydrogens (tertiary/aromatic N) is 4. The Balaban J connectivity index is 0.00000320. The van der Waals surface area contributed by atoms with Crippen LogP contribution >= 0.6 is 35.6 Å². The number of hydrogen-bond acceptors (Lipinski definition) is 4. The molecule has 8 heteroatoms. The second kappa shape index (κ2) is 12.3. The van der Waals surface area contributed by atoms with Gasteiger partial charge in [-0.3, -0.25) is 4.99 Å². The number of benzene rings is 1. The number of hydrogen-bond donors (Lipinski definition) is 2. The van der Waals surface area contributed by atoms with Crippen LogP contribution in [0.15, 0.2) is 53.7 Å². The Morgan fingerprint density at radius 3 is 2.47 bits per heavy atom. The van der Waals surface area contributed by atoms with Gasteiger partial charge in [-0.25, -0.2) is 4.98 Å². The van der Waals surface area contributed by atoms with Crippen LogP contribution in [0.25, 0.3) is 0 Å². The number of piperidine rings is 1. The van der Waals surface area contributed by atoms with Crippen LogP contribution in [-0.4, -0.2) is 62.7 Å². The van der Waals surface area contributed by atoms with Crippen molar-refractivity contribution in [1.29, 1.82) is 0 Å². The molecule has 1 atom stereocenters. The Bertz CT molecular complexity index is 776. The summed E-state index contributed by atoms with van der Waals surface area (Å²) in [7, 11) is 6.00. The molecule has 0 spiro atoms. The van der Waals surface area contributed by atoms with Crippen LogP contribution in [0.1, 0.15) is 24.4 Å². The molecule has 6 nitrogen and oxygen atoms in total. The monoisotopic (exact) mass is 542 g/mol. The predicted molar refractivity (Wildman–Crippen MR) is 137 cm³/mol. The van der Waals surface area contributed by atoms with Gasteiger partial charge in [0.25, 0.3) is 0 Å². The molecule has 1 saturated heterocycles. The molecule has 30 heavy (non-hydrogen) atoms. The first-order valence-corrected chi connectivity index (χ1v) is 10.5. The van der Waals surface area contributed by atoms with Gasteiger partial charge >= 0.3 is 0 Å². The van der Waals surface area contributed by atoms with Gasteiger partial charge in [0.05, 0.1) is 6.04 Å². The SMILES string of the molecule is CN=C(NCC(c1ccc(Cl)cc1)N(C)C)NC1CCN(c2ccccn2)CC1.I. The van der Waals surface area contributed by atoms with Gasteiger partial charge in [-0.15, -0.1) is 24.0 Å².